The van der Waals surface area contributed by atoms with Crippen LogP contribution in [0.1, 0.15) is 44.9 Å². The first-order valence-electron chi connectivity index (χ1n) is 6.55. The first-order chi connectivity index (χ1) is 8.43. The van der Waals surface area contributed by atoms with Crippen LogP contribution in [0.15, 0.2) is 30.3 Å². The van der Waals surface area contributed by atoms with Gasteiger partial charge in [0, 0.05) is 6.42 Å². The molecule has 0 bridgehead atoms. The molecule has 0 spiro atoms. The molecule has 0 aromatic heterocycles. The Labute approximate surface area is 104 Å². The Morgan fingerprint density at radius 2 is 1.53 bits per heavy atom. The van der Waals surface area contributed by atoms with Crippen LogP contribution in [0.4, 0.5) is 0 Å². The standard InChI is InChI=1S/C15H22O2/c16-13-9-4-2-1-3-5-10-14-17-15-11-7-6-8-12-15/h6-8,11-13H,1-5,9-10,14H2. The lowest BCUT2D eigenvalue weighted by Crippen LogP contribution is -1.96. The molecular formula is C15H22O2. The van der Waals surface area contributed by atoms with Crippen molar-refractivity contribution >= 4 is 6.29 Å². The molecule has 0 saturated heterocycles. The van der Waals surface area contributed by atoms with Crippen molar-refractivity contribution in [3.05, 3.63) is 30.3 Å². The van der Waals surface area contributed by atoms with Crippen molar-refractivity contribution in [2.45, 2.75) is 44.9 Å². The van der Waals surface area contributed by atoms with Crippen LogP contribution in [-0.4, -0.2) is 12.9 Å². The molecule has 0 fully saturated rings. The SMILES string of the molecule is O=CCCCCCCCCOc1ccccc1. The lowest BCUT2D eigenvalue weighted by atomic mass is 10.1. The van der Waals surface area contributed by atoms with Crippen molar-refractivity contribution in [1.82, 2.24) is 0 Å². The van der Waals surface area contributed by atoms with Crippen LogP contribution in [0.25, 0.3) is 0 Å². The van der Waals surface area contributed by atoms with Gasteiger partial charge in [-0.3, -0.25) is 0 Å². The molecule has 17 heavy (non-hydrogen) atoms. The van der Waals surface area contributed by atoms with Crippen LogP contribution in [0.3, 0.4) is 0 Å². The van der Waals surface area contributed by atoms with Gasteiger partial charge in [0.15, 0.2) is 0 Å². The molecule has 0 aliphatic carbocycles. The van der Waals surface area contributed by atoms with Gasteiger partial charge in [-0.15, -0.1) is 0 Å². The van der Waals surface area contributed by atoms with Gasteiger partial charge >= 0.3 is 0 Å². The molecule has 0 unspecified atom stereocenters. The summed E-state index contributed by atoms with van der Waals surface area (Å²) in [6.45, 7) is 0.804. The number of hydrogen-bond acceptors (Lipinski definition) is 2. The maximum Gasteiger partial charge on any atom is 0.119 e. The first-order valence-corrected chi connectivity index (χ1v) is 6.55. The van der Waals surface area contributed by atoms with E-state index in [2.05, 4.69) is 0 Å². The van der Waals surface area contributed by atoms with E-state index in [1.165, 1.54) is 25.7 Å². The normalized spacial score (nSPS) is 10.1. The Balaban J connectivity index is 1.86. The molecule has 0 aliphatic heterocycles. The van der Waals surface area contributed by atoms with Gasteiger partial charge in [-0.2, -0.15) is 0 Å². The average Bonchev–Trinajstić information content (AvgIpc) is 2.38. The van der Waals surface area contributed by atoms with Crippen LogP contribution in [0, 0.1) is 0 Å². The zero-order valence-electron chi connectivity index (χ0n) is 10.4. The number of ether oxygens (including phenoxy) is 1. The van der Waals surface area contributed by atoms with Crippen LogP contribution in [0.2, 0.25) is 0 Å². The highest BCUT2D eigenvalue weighted by Crippen LogP contribution is 2.10. The second kappa shape index (κ2) is 9.88. The van der Waals surface area contributed by atoms with E-state index in [0.29, 0.717) is 0 Å². The van der Waals surface area contributed by atoms with Crippen molar-refractivity contribution < 1.29 is 9.53 Å². The van der Waals surface area contributed by atoms with Gasteiger partial charge in [-0.05, 0) is 25.0 Å². The molecule has 1 aromatic rings. The van der Waals surface area contributed by atoms with E-state index in [1.54, 1.807) is 0 Å². The Morgan fingerprint density at radius 1 is 0.882 bits per heavy atom. The number of benzene rings is 1. The molecule has 1 rings (SSSR count). The minimum absolute atomic E-state index is 0.719. The molecule has 0 saturated carbocycles. The lowest BCUT2D eigenvalue weighted by molar-refractivity contribution is -0.107. The Kier molecular flexibility index (Phi) is 8.00. The molecule has 1 aromatic carbocycles. The van der Waals surface area contributed by atoms with E-state index in [0.717, 1.165) is 37.9 Å². The zero-order chi connectivity index (χ0) is 12.2. The van der Waals surface area contributed by atoms with Crippen molar-refractivity contribution in [3.63, 3.8) is 0 Å². The molecular weight excluding hydrogens is 212 g/mol. The maximum atomic E-state index is 10.1. The second-order valence-electron chi connectivity index (χ2n) is 4.24. The molecule has 0 N–H and O–H groups in total. The number of rotatable bonds is 10. The third-order valence-electron chi connectivity index (χ3n) is 2.73. The molecule has 94 valence electrons. The lowest BCUT2D eigenvalue weighted by Gasteiger charge is -2.05. The van der Waals surface area contributed by atoms with Crippen molar-refractivity contribution in [2.24, 2.45) is 0 Å². The molecule has 0 heterocycles. The molecule has 2 nitrogen and oxygen atoms in total. The number of unbranched alkanes of at least 4 members (excludes halogenated alkanes) is 6. The molecule has 0 aliphatic rings. The molecule has 2 heteroatoms. The summed E-state index contributed by atoms with van der Waals surface area (Å²) in [5.74, 6) is 0.957. The number of para-hydroxylation sites is 1. The van der Waals surface area contributed by atoms with Crippen LogP contribution in [0.5, 0.6) is 5.75 Å². The second-order valence-corrected chi connectivity index (χ2v) is 4.24. The third kappa shape index (κ3) is 7.56. The van der Waals surface area contributed by atoms with Crippen molar-refractivity contribution in [3.8, 4) is 5.75 Å². The smallest absolute Gasteiger partial charge is 0.119 e. The van der Waals surface area contributed by atoms with E-state index >= 15 is 0 Å². The van der Waals surface area contributed by atoms with Crippen LogP contribution < -0.4 is 4.74 Å². The van der Waals surface area contributed by atoms with Gasteiger partial charge in [0.25, 0.3) is 0 Å². The summed E-state index contributed by atoms with van der Waals surface area (Å²) in [6.07, 6.45) is 8.76. The summed E-state index contributed by atoms with van der Waals surface area (Å²) in [4.78, 5) is 10.1. The van der Waals surface area contributed by atoms with Crippen molar-refractivity contribution in [1.29, 1.82) is 0 Å². The van der Waals surface area contributed by atoms with Gasteiger partial charge in [-0.1, -0.05) is 43.9 Å². The summed E-state index contributed by atoms with van der Waals surface area (Å²) < 4.78 is 5.60. The minimum Gasteiger partial charge on any atom is -0.494 e. The summed E-state index contributed by atoms with van der Waals surface area (Å²) in [5, 5.41) is 0. The largest absolute Gasteiger partial charge is 0.494 e. The van der Waals surface area contributed by atoms with Crippen LogP contribution >= 0.6 is 0 Å². The molecule has 0 radical (unpaired) electrons. The molecule has 0 atom stereocenters. The fraction of sp³-hybridized carbons (Fsp3) is 0.533. The summed E-state index contributed by atoms with van der Waals surface area (Å²) in [7, 11) is 0. The monoisotopic (exact) mass is 234 g/mol. The highest BCUT2D eigenvalue weighted by Gasteiger charge is 1.93. The minimum atomic E-state index is 0.719. The van der Waals surface area contributed by atoms with Gasteiger partial charge in [0.1, 0.15) is 12.0 Å². The quantitative estimate of drug-likeness (QED) is 0.452. The predicted molar refractivity (Wildman–Crippen MR) is 70.3 cm³/mol. The summed E-state index contributed by atoms with van der Waals surface area (Å²) >= 11 is 0. The summed E-state index contributed by atoms with van der Waals surface area (Å²) in [6, 6.07) is 9.94. The zero-order valence-corrected chi connectivity index (χ0v) is 10.4. The molecule has 0 amide bonds. The number of aldehydes is 1. The first kappa shape index (κ1) is 13.8. The highest BCUT2D eigenvalue weighted by molar-refractivity contribution is 5.48. The third-order valence-corrected chi connectivity index (χ3v) is 2.73. The van der Waals surface area contributed by atoms with E-state index < -0.39 is 0 Å². The Morgan fingerprint density at radius 3 is 2.24 bits per heavy atom. The van der Waals surface area contributed by atoms with E-state index in [4.69, 9.17) is 4.74 Å². The van der Waals surface area contributed by atoms with E-state index in [-0.39, 0.29) is 0 Å². The number of carbonyl (C=O) groups excluding carboxylic acids is 1. The maximum absolute atomic E-state index is 10.1. The van der Waals surface area contributed by atoms with Gasteiger partial charge in [0.2, 0.25) is 0 Å². The summed E-state index contributed by atoms with van der Waals surface area (Å²) in [5.41, 5.74) is 0. The van der Waals surface area contributed by atoms with Gasteiger partial charge in [0.05, 0.1) is 6.61 Å². The van der Waals surface area contributed by atoms with Gasteiger partial charge < -0.3 is 9.53 Å². The number of carbonyl (C=O) groups is 1. The van der Waals surface area contributed by atoms with E-state index in [9.17, 15) is 4.79 Å². The van der Waals surface area contributed by atoms with Crippen molar-refractivity contribution in [2.75, 3.05) is 6.61 Å². The predicted octanol–water partition coefficient (Wildman–Crippen LogP) is 4.00. The Hall–Kier alpha value is -1.31. The fourth-order valence-electron chi connectivity index (χ4n) is 1.74. The van der Waals surface area contributed by atoms with E-state index in [1.807, 2.05) is 30.3 Å². The topological polar surface area (TPSA) is 26.3 Å². The highest BCUT2D eigenvalue weighted by atomic mass is 16.5. The van der Waals surface area contributed by atoms with Crippen LogP contribution in [-0.2, 0) is 4.79 Å². The van der Waals surface area contributed by atoms with Gasteiger partial charge in [-0.25, -0.2) is 0 Å². The number of hydrogen-bond donors (Lipinski definition) is 0. The average molecular weight is 234 g/mol. The Bertz CT molecular complexity index is 282. The fourth-order valence-corrected chi connectivity index (χ4v) is 1.74.